The predicted octanol–water partition coefficient (Wildman–Crippen LogP) is 3.96. The van der Waals surface area contributed by atoms with Crippen LogP contribution in [0.5, 0.6) is 0 Å². The van der Waals surface area contributed by atoms with Gasteiger partial charge in [-0.2, -0.15) is 0 Å². The minimum absolute atomic E-state index is 0.00677. The summed E-state index contributed by atoms with van der Waals surface area (Å²) in [6.45, 7) is 5.10. The zero-order valence-corrected chi connectivity index (χ0v) is 14.8. The molecule has 0 radical (unpaired) electrons. The maximum Gasteiger partial charge on any atom is 0.249 e. The molecule has 1 fully saturated rings. The van der Waals surface area contributed by atoms with Gasteiger partial charge in [-0.05, 0) is 17.0 Å². The lowest BCUT2D eigenvalue weighted by Gasteiger charge is -2.30. The van der Waals surface area contributed by atoms with Crippen molar-refractivity contribution < 1.29 is 14.4 Å². The minimum Gasteiger partial charge on any atom is -0.371 e. The zero-order chi connectivity index (χ0) is 17.6. The van der Waals surface area contributed by atoms with Crippen molar-refractivity contribution in [2.45, 2.75) is 45.6 Å². The first-order valence-corrected chi connectivity index (χ1v) is 8.79. The van der Waals surface area contributed by atoms with E-state index in [-0.39, 0.29) is 24.0 Å². The van der Waals surface area contributed by atoms with Gasteiger partial charge >= 0.3 is 0 Å². The number of hydrogen-bond acceptors (Lipinski definition) is 3. The van der Waals surface area contributed by atoms with Crippen molar-refractivity contribution in [3.05, 3.63) is 71.8 Å². The molecule has 1 amide bonds. The molecule has 4 heteroatoms. The van der Waals surface area contributed by atoms with Gasteiger partial charge in [-0.1, -0.05) is 74.5 Å². The molecule has 1 aliphatic rings. The molecule has 3 rings (SSSR count). The van der Waals surface area contributed by atoms with Crippen molar-refractivity contribution in [1.29, 1.82) is 0 Å². The van der Waals surface area contributed by atoms with Gasteiger partial charge in [0.05, 0.1) is 25.2 Å². The molecular formula is C21H25NO3. The first kappa shape index (κ1) is 17.6. The van der Waals surface area contributed by atoms with Crippen LogP contribution >= 0.6 is 0 Å². The average Bonchev–Trinajstić information content (AvgIpc) is 2.95. The summed E-state index contributed by atoms with van der Waals surface area (Å²) in [6, 6.07) is 19.9. The molecule has 25 heavy (non-hydrogen) atoms. The first-order valence-electron chi connectivity index (χ1n) is 8.79. The molecule has 132 valence electrons. The fraction of sp³-hybridized carbons (Fsp3) is 0.381. The third kappa shape index (κ3) is 4.47. The number of amides is 1. The minimum atomic E-state index is -0.150. The summed E-state index contributed by atoms with van der Waals surface area (Å²) in [6.07, 6.45) is 0.216. The molecule has 1 heterocycles. The predicted molar refractivity (Wildman–Crippen MR) is 96.3 cm³/mol. The standard InChI is InChI=1S/C21H25NO3/c1-16(2)21-19(24-14-17-9-5-3-6-10-17)13-20(23)22(21)25-15-18-11-7-4-8-12-18/h3-12,16,19,21H,13-15H2,1-2H3/t19-,21+/m0/s1. The monoisotopic (exact) mass is 339 g/mol. The summed E-state index contributed by atoms with van der Waals surface area (Å²) in [5.41, 5.74) is 2.16. The molecule has 2 atom stereocenters. The first-order chi connectivity index (χ1) is 12.1. The van der Waals surface area contributed by atoms with Crippen molar-refractivity contribution in [1.82, 2.24) is 5.06 Å². The van der Waals surface area contributed by atoms with Gasteiger partial charge in [0.1, 0.15) is 6.61 Å². The highest BCUT2D eigenvalue weighted by atomic mass is 16.7. The van der Waals surface area contributed by atoms with Gasteiger partial charge in [-0.15, -0.1) is 0 Å². The van der Waals surface area contributed by atoms with E-state index in [2.05, 4.69) is 13.8 Å². The van der Waals surface area contributed by atoms with E-state index in [0.717, 1.165) is 11.1 Å². The molecule has 0 aromatic heterocycles. The van der Waals surface area contributed by atoms with E-state index in [1.54, 1.807) is 0 Å². The maximum atomic E-state index is 12.5. The van der Waals surface area contributed by atoms with Crippen molar-refractivity contribution >= 4 is 5.91 Å². The number of benzene rings is 2. The van der Waals surface area contributed by atoms with E-state index in [0.29, 0.717) is 19.6 Å². The molecule has 1 saturated heterocycles. The van der Waals surface area contributed by atoms with Crippen LogP contribution in [0.3, 0.4) is 0 Å². The number of nitrogens with zero attached hydrogens (tertiary/aromatic N) is 1. The van der Waals surface area contributed by atoms with E-state index >= 15 is 0 Å². The molecular weight excluding hydrogens is 314 g/mol. The van der Waals surface area contributed by atoms with Gasteiger partial charge in [0.2, 0.25) is 5.91 Å². The summed E-state index contributed by atoms with van der Waals surface area (Å²) >= 11 is 0. The second kappa shape index (κ2) is 8.28. The second-order valence-corrected chi connectivity index (χ2v) is 6.75. The van der Waals surface area contributed by atoms with Gasteiger partial charge in [0.15, 0.2) is 0 Å². The third-order valence-corrected chi connectivity index (χ3v) is 4.48. The Morgan fingerprint density at radius 3 is 2.08 bits per heavy atom. The third-order valence-electron chi connectivity index (χ3n) is 4.48. The highest BCUT2D eigenvalue weighted by Crippen LogP contribution is 2.29. The Bertz CT molecular complexity index is 672. The topological polar surface area (TPSA) is 38.8 Å². The van der Waals surface area contributed by atoms with Crippen LogP contribution < -0.4 is 0 Å². The second-order valence-electron chi connectivity index (χ2n) is 6.75. The largest absolute Gasteiger partial charge is 0.371 e. The summed E-state index contributed by atoms with van der Waals surface area (Å²) in [5, 5.41) is 1.54. The Labute approximate surface area is 149 Å². The maximum absolute atomic E-state index is 12.5. The number of rotatable bonds is 7. The van der Waals surface area contributed by atoms with E-state index in [1.807, 2.05) is 60.7 Å². The number of carbonyl (C=O) groups excluding carboxylic acids is 1. The number of hydrogen-bond donors (Lipinski definition) is 0. The molecule has 0 unspecified atom stereocenters. The average molecular weight is 339 g/mol. The molecule has 0 spiro atoms. The molecule has 0 aliphatic carbocycles. The Hall–Kier alpha value is -2.17. The SMILES string of the molecule is CC(C)[C@@H]1[C@@H](OCc2ccccc2)CC(=O)N1OCc1ccccc1. The zero-order valence-electron chi connectivity index (χ0n) is 14.8. The van der Waals surface area contributed by atoms with Crippen LogP contribution in [0.25, 0.3) is 0 Å². The molecule has 2 aromatic rings. The lowest BCUT2D eigenvalue weighted by Crippen LogP contribution is -2.41. The lowest BCUT2D eigenvalue weighted by molar-refractivity contribution is -0.206. The van der Waals surface area contributed by atoms with Crippen LogP contribution in [0.1, 0.15) is 31.4 Å². The van der Waals surface area contributed by atoms with Crippen LogP contribution in [0.2, 0.25) is 0 Å². The van der Waals surface area contributed by atoms with Crippen molar-refractivity contribution in [2.75, 3.05) is 0 Å². The Morgan fingerprint density at radius 2 is 1.52 bits per heavy atom. The molecule has 1 aliphatic heterocycles. The summed E-state index contributed by atoms with van der Waals surface area (Å²) in [5.74, 6) is 0.246. The lowest BCUT2D eigenvalue weighted by atomic mass is 10.00. The summed E-state index contributed by atoms with van der Waals surface area (Å²) in [7, 11) is 0. The smallest absolute Gasteiger partial charge is 0.249 e. The van der Waals surface area contributed by atoms with Crippen molar-refractivity contribution in [3.8, 4) is 0 Å². The van der Waals surface area contributed by atoms with Gasteiger partial charge in [0.25, 0.3) is 0 Å². The Kier molecular flexibility index (Phi) is 5.84. The van der Waals surface area contributed by atoms with Crippen LogP contribution in [0, 0.1) is 5.92 Å². The van der Waals surface area contributed by atoms with E-state index < -0.39 is 0 Å². The number of ether oxygens (including phenoxy) is 1. The molecule has 0 bridgehead atoms. The quantitative estimate of drug-likeness (QED) is 0.766. The van der Waals surface area contributed by atoms with E-state index in [4.69, 9.17) is 9.57 Å². The fourth-order valence-corrected chi connectivity index (χ4v) is 3.21. The van der Waals surface area contributed by atoms with Crippen LogP contribution in [0.4, 0.5) is 0 Å². The van der Waals surface area contributed by atoms with Crippen LogP contribution in [-0.2, 0) is 27.6 Å². The van der Waals surface area contributed by atoms with Crippen molar-refractivity contribution in [2.24, 2.45) is 5.92 Å². The normalized spacial score (nSPS) is 20.4. The number of hydroxylamine groups is 2. The Balaban J connectivity index is 1.63. The summed E-state index contributed by atoms with van der Waals surface area (Å²) in [4.78, 5) is 18.3. The molecule has 0 saturated carbocycles. The Morgan fingerprint density at radius 1 is 0.960 bits per heavy atom. The molecule has 2 aromatic carbocycles. The van der Waals surface area contributed by atoms with Gasteiger partial charge in [-0.25, -0.2) is 5.06 Å². The van der Waals surface area contributed by atoms with Gasteiger partial charge in [0, 0.05) is 0 Å². The fourth-order valence-electron chi connectivity index (χ4n) is 3.21. The summed E-state index contributed by atoms with van der Waals surface area (Å²) < 4.78 is 6.07. The van der Waals surface area contributed by atoms with Gasteiger partial charge < -0.3 is 4.74 Å². The number of carbonyl (C=O) groups is 1. The van der Waals surface area contributed by atoms with Crippen LogP contribution in [-0.4, -0.2) is 23.1 Å². The molecule has 0 N–H and O–H groups in total. The van der Waals surface area contributed by atoms with E-state index in [1.165, 1.54) is 5.06 Å². The highest BCUT2D eigenvalue weighted by Gasteiger charge is 2.43. The highest BCUT2D eigenvalue weighted by molar-refractivity contribution is 5.78. The van der Waals surface area contributed by atoms with E-state index in [9.17, 15) is 4.79 Å². The van der Waals surface area contributed by atoms with Crippen molar-refractivity contribution in [3.63, 3.8) is 0 Å². The van der Waals surface area contributed by atoms with Gasteiger partial charge in [-0.3, -0.25) is 9.63 Å². The van der Waals surface area contributed by atoms with Crippen LogP contribution in [0.15, 0.2) is 60.7 Å². The molecule has 4 nitrogen and oxygen atoms in total.